The zero-order valence-corrected chi connectivity index (χ0v) is 20.6. The first-order valence-corrected chi connectivity index (χ1v) is 12.1. The highest BCUT2D eigenvalue weighted by molar-refractivity contribution is 7.80. The zero-order chi connectivity index (χ0) is 24.0. The molecule has 1 aromatic carbocycles. The van der Waals surface area contributed by atoms with Gasteiger partial charge in [-0.2, -0.15) is 0 Å². The maximum Gasteiger partial charge on any atom is 0.348 e. The van der Waals surface area contributed by atoms with E-state index in [2.05, 4.69) is 10.2 Å². The fourth-order valence-corrected chi connectivity index (χ4v) is 5.06. The van der Waals surface area contributed by atoms with Gasteiger partial charge in [-0.3, -0.25) is 4.90 Å². The summed E-state index contributed by atoms with van der Waals surface area (Å²) in [7, 11) is 0. The van der Waals surface area contributed by atoms with E-state index < -0.39 is 11.9 Å². The van der Waals surface area contributed by atoms with Crippen LogP contribution in [-0.2, 0) is 16.0 Å². The molecule has 0 atom stereocenters. The van der Waals surface area contributed by atoms with Crippen molar-refractivity contribution < 1.29 is 23.5 Å². The molecule has 0 spiro atoms. The van der Waals surface area contributed by atoms with Crippen molar-refractivity contribution in [1.82, 2.24) is 9.80 Å². The van der Waals surface area contributed by atoms with E-state index in [9.17, 15) is 14.0 Å². The van der Waals surface area contributed by atoms with Gasteiger partial charge in [-0.1, -0.05) is 12.1 Å². The molecule has 1 aliphatic heterocycles. The second-order valence-corrected chi connectivity index (χ2v) is 8.93. The average molecular weight is 494 g/mol. The zero-order valence-electron chi connectivity index (χ0n) is 19.0. The lowest BCUT2D eigenvalue weighted by molar-refractivity contribution is 0.0527. The van der Waals surface area contributed by atoms with E-state index in [-0.39, 0.29) is 19.0 Å². The second kappa shape index (κ2) is 11.5. The van der Waals surface area contributed by atoms with Crippen LogP contribution in [-0.4, -0.2) is 66.2 Å². The molecule has 178 valence electrons. The number of nitrogens with one attached hydrogen (secondary N) is 1. The highest BCUT2D eigenvalue weighted by Crippen LogP contribution is 2.34. The number of thiocarbonyl (C=S) groups is 1. The molecule has 0 amide bonds. The summed E-state index contributed by atoms with van der Waals surface area (Å²) in [5.74, 6) is -1.22. The molecule has 1 aliphatic rings. The smallest absolute Gasteiger partial charge is 0.348 e. The van der Waals surface area contributed by atoms with Crippen LogP contribution < -0.4 is 5.32 Å². The van der Waals surface area contributed by atoms with Crippen molar-refractivity contribution in [1.29, 1.82) is 0 Å². The Hall–Kier alpha value is -2.56. The van der Waals surface area contributed by atoms with Gasteiger partial charge in [0.2, 0.25) is 0 Å². The number of hydrogen-bond acceptors (Lipinski definition) is 7. The number of piperazine rings is 1. The predicted molar refractivity (Wildman–Crippen MR) is 130 cm³/mol. The summed E-state index contributed by atoms with van der Waals surface area (Å²) in [5.41, 5.74) is 1.75. The first-order valence-electron chi connectivity index (χ1n) is 10.8. The summed E-state index contributed by atoms with van der Waals surface area (Å²) in [6.45, 7) is 9.20. The molecule has 0 aliphatic carbocycles. The molecule has 1 N–H and O–H groups in total. The number of carbonyl (C=O) groups excluding carboxylic acids is 2. The minimum Gasteiger partial charge on any atom is -0.462 e. The van der Waals surface area contributed by atoms with E-state index >= 15 is 0 Å². The number of benzene rings is 1. The van der Waals surface area contributed by atoms with Gasteiger partial charge in [0.15, 0.2) is 5.11 Å². The van der Waals surface area contributed by atoms with Crippen molar-refractivity contribution in [2.45, 2.75) is 27.3 Å². The summed E-state index contributed by atoms with van der Waals surface area (Å²) in [6, 6.07) is 6.62. The Kier molecular flexibility index (Phi) is 8.76. The Labute approximate surface area is 202 Å². The fraction of sp³-hybridized carbons (Fsp3) is 0.435. The first kappa shape index (κ1) is 25.1. The number of carbonyl (C=O) groups is 2. The lowest BCUT2D eigenvalue weighted by Gasteiger charge is -2.36. The van der Waals surface area contributed by atoms with Crippen molar-refractivity contribution in [2.75, 3.05) is 44.7 Å². The Morgan fingerprint density at radius 3 is 2.42 bits per heavy atom. The highest BCUT2D eigenvalue weighted by Gasteiger charge is 2.28. The van der Waals surface area contributed by atoms with Crippen molar-refractivity contribution in [2.24, 2.45) is 0 Å². The minimum atomic E-state index is -0.507. The third kappa shape index (κ3) is 6.27. The molecule has 0 unspecified atom stereocenters. The maximum absolute atomic E-state index is 13.4. The quantitative estimate of drug-likeness (QED) is 0.457. The average Bonchev–Trinajstić information content (AvgIpc) is 3.10. The molecular formula is C23H28FN3O4S2. The summed E-state index contributed by atoms with van der Waals surface area (Å²) in [4.78, 5) is 29.5. The molecule has 1 aromatic heterocycles. The number of thiophene rings is 1. The number of hydrogen-bond donors (Lipinski definition) is 1. The molecule has 33 heavy (non-hydrogen) atoms. The van der Waals surface area contributed by atoms with Gasteiger partial charge in [0.25, 0.3) is 0 Å². The van der Waals surface area contributed by atoms with E-state index in [0.29, 0.717) is 45.8 Å². The molecule has 2 heterocycles. The van der Waals surface area contributed by atoms with E-state index in [1.54, 1.807) is 32.9 Å². The van der Waals surface area contributed by atoms with Crippen molar-refractivity contribution in [3.8, 4) is 0 Å². The number of anilines is 1. The molecule has 0 radical (unpaired) electrons. The predicted octanol–water partition coefficient (Wildman–Crippen LogP) is 4.06. The Bertz CT molecular complexity index is 1020. The van der Waals surface area contributed by atoms with Gasteiger partial charge < -0.3 is 19.7 Å². The first-order chi connectivity index (χ1) is 15.8. The van der Waals surface area contributed by atoms with Gasteiger partial charge in [0.1, 0.15) is 15.7 Å². The minimum absolute atomic E-state index is 0.222. The number of halogens is 1. The largest absolute Gasteiger partial charge is 0.462 e. The van der Waals surface area contributed by atoms with E-state index in [4.69, 9.17) is 21.7 Å². The lowest BCUT2D eigenvalue weighted by atomic mass is 10.1. The molecule has 0 bridgehead atoms. The SMILES string of the molecule is CCOC(=O)c1sc(NC(=S)N2CCN(Cc3cccc(F)c3)CC2)c(C(=O)OCC)c1C. The van der Waals surface area contributed by atoms with Crippen LogP contribution in [0.1, 0.15) is 45.0 Å². The van der Waals surface area contributed by atoms with Gasteiger partial charge in [-0.25, -0.2) is 14.0 Å². The van der Waals surface area contributed by atoms with Crippen LogP contribution in [0.25, 0.3) is 0 Å². The summed E-state index contributed by atoms with van der Waals surface area (Å²) in [6.07, 6.45) is 0. The summed E-state index contributed by atoms with van der Waals surface area (Å²) in [5, 5.41) is 4.10. The molecule has 1 fully saturated rings. The van der Waals surface area contributed by atoms with Gasteiger partial charge in [-0.05, 0) is 56.2 Å². The van der Waals surface area contributed by atoms with Crippen molar-refractivity contribution in [3.05, 3.63) is 51.7 Å². The van der Waals surface area contributed by atoms with E-state index in [1.165, 1.54) is 6.07 Å². The van der Waals surface area contributed by atoms with Gasteiger partial charge >= 0.3 is 11.9 Å². The Morgan fingerprint density at radius 2 is 1.79 bits per heavy atom. The van der Waals surface area contributed by atoms with Crippen LogP contribution in [0.2, 0.25) is 0 Å². The molecule has 2 aromatic rings. The van der Waals surface area contributed by atoms with Gasteiger partial charge in [-0.15, -0.1) is 11.3 Å². The number of ether oxygens (including phenoxy) is 2. The Balaban J connectivity index is 1.67. The van der Waals surface area contributed by atoms with E-state index in [0.717, 1.165) is 30.0 Å². The van der Waals surface area contributed by atoms with Crippen LogP contribution >= 0.6 is 23.6 Å². The summed E-state index contributed by atoms with van der Waals surface area (Å²) >= 11 is 6.74. The third-order valence-electron chi connectivity index (χ3n) is 5.26. The monoisotopic (exact) mass is 493 g/mol. The fourth-order valence-electron chi connectivity index (χ4n) is 3.62. The van der Waals surface area contributed by atoms with Crippen LogP contribution in [0.15, 0.2) is 24.3 Å². The molecule has 3 rings (SSSR count). The topological polar surface area (TPSA) is 71.1 Å². The van der Waals surface area contributed by atoms with Crippen LogP contribution in [0.5, 0.6) is 0 Å². The normalized spacial score (nSPS) is 14.1. The molecule has 10 heteroatoms. The molecule has 7 nitrogen and oxygen atoms in total. The van der Waals surface area contributed by atoms with Crippen LogP contribution in [0, 0.1) is 12.7 Å². The lowest BCUT2D eigenvalue weighted by Crippen LogP contribution is -2.49. The number of rotatable bonds is 7. The summed E-state index contributed by atoms with van der Waals surface area (Å²) < 4.78 is 23.8. The molecule has 1 saturated heterocycles. The maximum atomic E-state index is 13.4. The number of esters is 2. The van der Waals surface area contributed by atoms with Crippen molar-refractivity contribution in [3.63, 3.8) is 0 Å². The molecule has 0 saturated carbocycles. The van der Waals surface area contributed by atoms with Crippen LogP contribution in [0.3, 0.4) is 0 Å². The standard InChI is InChI=1S/C23H28FN3O4S2/c1-4-30-21(28)18-15(3)19(22(29)31-5-2)33-20(18)25-23(32)27-11-9-26(10-12-27)14-16-7-6-8-17(24)13-16/h6-8,13H,4-5,9-12,14H2,1-3H3,(H,25,32). The van der Waals surface area contributed by atoms with E-state index in [1.807, 2.05) is 11.0 Å². The van der Waals surface area contributed by atoms with Crippen LogP contribution in [0.4, 0.5) is 9.39 Å². The van der Waals surface area contributed by atoms with Gasteiger partial charge in [0, 0.05) is 32.7 Å². The number of nitrogens with zero attached hydrogens (tertiary/aromatic N) is 2. The van der Waals surface area contributed by atoms with Crippen molar-refractivity contribution >= 4 is 45.6 Å². The van der Waals surface area contributed by atoms with Gasteiger partial charge in [0.05, 0.1) is 18.8 Å². The second-order valence-electron chi connectivity index (χ2n) is 7.52. The Morgan fingerprint density at radius 1 is 1.12 bits per heavy atom. The highest BCUT2D eigenvalue weighted by atomic mass is 32.1. The third-order valence-corrected chi connectivity index (χ3v) is 6.81. The molecular weight excluding hydrogens is 465 g/mol.